The highest BCUT2D eigenvalue weighted by molar-refractivity contribution is 6.02. The highest BCUT2D eigenvalue weighted by Crippen LogP contribution is 2.35. The molecule has 29 heavy (non-hydrogen) atoms. The summed E-state index contributed by atoms with van der Waals surface area (Å²) in [5.41, 5.74) is -0.533. The second-order valence-corrected chi connectivity index (χ2v) is 7.16. The third-order valence-corrected chi connectivity index (χ3v) is 5.50. The van der Waals surface area contributed by atoms with Crippen molar-refractivity contribution < 1.29 is 21.2 Å². The SMILES string of the molecule is [2H]c1c([2H])c([2H])c(N(C(=O)CC)C2(C(=O)OC)CCN(CCc3ccccc3)CC2)c([2H])c1[2H]. The van der Waals surface area contributed by atoms with E-state index < -0.39 is 47.6 Å². The van der Waals surface area contributed by atoms with Crippen LogP contribution in [0, 0.1) is 0 Å². The van der Waals surface area contributed by atoms with Gasteiger partial charge in [-0.05, 0) is 36.9 Å². The quantitative estimate of drug-likeness (QED) is 0.667. The number of piperidine rings is 1. The molecule has 3 rings (SSSR count). The molecule has 5 nitrogen and oxygen atoms in total. The van der Waals surface area contributed by atoms with E-state index in [9.17, 15) is 9.59 Å². The lowest BCUT2D eigenvalue weighted by atomic mass is 9.84. The molecule has 0 aromatic heterocycles. The number of esters is 1. The molecule has 0 unspecified atom stereocenters. The van der Waals surface area contributed by atoms with Crippen LogP contribution < -0.4 is 4.90 Å². The predicted molar refractivity (Wildman–Crippen MR) is 115 cm³/mol. The van der Waals surface area contributed by atoms with Crippen LogP contribution in [0.5, 0.6) is 0 Å². The highest BCUT2D eigenvalue weighted by atomic mass is 16.5. The first-order valence-corrected chi connectivity index (χ1v) is 9.92. The molecule has 0 radical (unpaired) electrons. The van der Waals surface area contributed by atoms with Crippen molar-refractivity contribution in [3.8, 4) is 0 Å². The first kappa shape index (κ1) is 15.2. The van der Waals surface area contributed by atoms with Gasteiger partial charge in [-0.3, -0.25) is 9.69 Å². The van der Waals surface area contributed by atoms with Crippen molar-refractivity contribution >= 4 is 17.6 Å². The maximum Gasteiger partial charge on any atom is 0.332 e. The fourth-order valence-electron chi connectivity index (χ4n) is 3.88. The third kappa shape index (κ3) is 4.67. The van der Waals surface area contributed by atoms with E-state index in [1.807, 2.05) is 18.2 Å². The summed E-state index contributed by atoms with van der Waals surface area (Å²) in [5, 5.41) is 0. The van der Waals surface area contributed by atoms with E-state index in [2.05, 4.69) is 17.0 Å². The molecular weight excluding hydrogens is 364 g/mol. The number of rotatable bonds is 7. The summed E-state index contributed by atoms with van der Waals surface area (Å²) in [6.45, 7) is 3.38. The van der Waals surface area contributed by atoms with Crippen LogP contribution in [-0.2, 0) is 20.7 Å². The van der Waals surface area contributed by atoms with E-state index >= 15 is 0 Å². The Morgan fingerprint density at radius 3 is 2.38 bits per heavy atom. The molecule has 0 spiro atoms. The molecule has 0 N–H and O–H groups in total. The molecule has 0 saturated carbocycles. The fourth-order valence-corrected chi connectivity index (χ4v) is 3.88. The number of hydrogen-bond acceptors (Lipinski definition) is 4. The zero-order chi connectivity index (χ0) is 25.0. The summed E-state index contributed by atoms with van der Waals surface area (Å²) in [4.78, 5) is 29.7. The zero-order valence-electron chi connectivity index (χ0n) is 22.0. The van der Waals surface area contributed by atoms with Crippen LogP contribution in [0.25, 0.3) is 0 Å². The van der Waals surface area contributed by atoms with Crippen molar-refractivity contribution in [2.24, 2.45) is 0 Å². The summed E-state index contributed by atoms with van der Waals surface area (Å²) in [7, 11) is 1.24. The molecule has 1 heterocycles. The van der Waals surface area contributed by atoms with Crippen molar-refractivity contribution in [1.82, 2.24) is 4.90 Å². The second-order valence-electron chi connectivity index (χ2n) is 7.16. The number of methoxy groups -OCH3 is 1. The molecule has 1 aliphatic rings. The van der Waals surface area contributed by atoms with Crippen molar-refractivity contribution in [3.63, 3.8) is 0 Å². The van der Waals surface area contributed by atoms with Gasteiger partial charge in [0.25, 0.3) is 0 Å². The predicted octanol–water partition coefficient (Wildman–Crippen LogP) is 3.68. The fraction of sp³-hybridized carbons (Fsp3) is 0.417. The molecule has 154 valence electrons. The molecule has 0 bridgehead atoms. The normalized spacial score (nSPS) is 18.6. The van der Waals surface area contributed by atoms with Crippen LogP contribution in [0.1, 0.15) is 38.6 Å². The minimum atomic E-state index is -1.46. The number of benzene rings is 2. The van der Waals surface area contributed by atoms with E-state index in [0.717, 1.165) is 17.9 Å². The number of ether oxygens (including phenoxy) is 1. The van der Waals surface area contributed by atoms with Gasteiger partial charge in [-0.15, -0.1) is 0 Å². The van der Waals surface area contributed by atoms with Crippen molar-refractivity contribution in [3.05, 3.63) is 66.1 Å². The van der Waals surface area contributed by atoms with Gasteiger partial charge < -0.3 is 9.64 Å². The Bertz CT molecular complexity index is 1030. The van der Waals surface area contributed by atoms with Gasteiger partial charge in [-0.1, -0.05) is 55.4 Å². The molecular formula is C24H30N2O3. The average molecular weight is 400 g/mol. The monoisotopic (exact) mass is 399 g/mol. The molecule has 0 atom stereocenters. The van der Waals surface area contributed by atoms with Crippen LogP contribution in [0.15, 0.2) is 60.5 Å². The van der Waals surface area contributed by atoms with E-state index in [4.69, 9.17) is 11.6 Å². The number of hydrogen-bond donors (Lipinski definition) is 0. The van der Waals surface area contributed by atoms with Gasteiger partial charge in [0, 0.05) is 31.7 Å². The Morgan fingerprint density at radius 1 is 1.14 bits per heavy atom. The van der Waals surface area contributed by atoms with Crippen LogP contribution in [0.3, 0.4) is 0 Å². The van der Waals surface area contributed by atoms with Crippen LogP contribution >= 0.6 is 0 Å². The van der Waals surface area contributed by atoms with Crippen LogP contribution in [-0.4, -0.2) is 49.1 Å². The second kappa shape index (κ2) is 9.70. The van der Waals surface area contributed by atoms with Gasteiger partial charge in [0.1, 0.15) is 5.54 Å². The zero-order valence-corrected chi connectivity index (χ0v) is 17.0. The Kier molecular flexibility index (Phi) is 5.09. The molecule has 5 heteroatoms. The van der Waals surface area contributed by atoms with E-state index in [-0.39, 0.29) is 24.9 Å². The molecule has 2 aromatic carbocycles. The van der Waals surface area contributed by atoms with E-state index in [1.165, 1.54) is 12.7 Å². The molecule has 1 amide bonds. The highest BCUT2D eigenvalue weighted by Gasteiger charge is 2.49. The largest absolute Gasteiger partial charge is 0.467 e. The van der Waals surface area contributed by atoms with Gasteiger partial charge in [0.05, 0.1) is 14.0 Å². The van der Waals surface area contributed by atoms with Gasteiger partial charge in [-0.25, -0.2) is 4.79 Å². The summed E-state index contributed by atoms with van der Waals surface area (Å²) < 4.78 is 45.9. The smallest absolute Gasteiger partial charge is 0.332 e. The maximum absolute atomic E-state index is 13.2. The summed E-state index contributed by atoms with van der Waals surface area (Å²) in [6.07, 6.45) is 1.29. The number of anilines is 1. The summed E-state index contributed by atoms with van der Waals surface area (Å²) >= 11 is 0. The first-order valence-electron chi connectivity index (χ1n) is 12.4. The lowest BCUT2D eigenvalue weighted by Gasteiger charge is -2.46. The Balaban J connectivity index is 1.98. The minimum absolute atomic E-state index is 0.00135. The van der Waals surface area contributed by atoms with Crippen molar-refractivity contribution in [2.75, 3.05) is 31.6 Å². The molecule has 1 aliphatic heterocycles. The number of amides is 1. The number of nitrogens with zero attached hydrogens (tertiary/aromatic N) is 2. The van der Waals surface area contributed by atoms with Gasteiger partial charge in [0.2, 0.25) is 5.91 Å². The third-order valence-electron chi connectivity index (χ3n) is 5.50. The van der Waals surface area contributed by atoms with Gasteiger partial charge in [0.15, 0.2) is 0 Å². The lowest BCUT2D eigenvalue weighted by Crippen LogP contribution is -2.62. The van der Waals surface area contributed by atoms with Gasteiger partial charge in [-0.2, -0.15) is 0 Å². The standard InChI is InChI=1S/C24H30N2O3/c1-3-22(27)26(21-12-8-5-9-13-21)24(23(28)29-2)15-18-25(19-16-24)17-14-20-10-6-4-7-11-20/h4-13H,3,14-19H2,1-2H3/i5D,8D,9D,12D,13D. The van der Waals surface area contributed by atoms with Crippen molar-refractivity contribution in [2.45, 2.75) is 38.1 Å². The molecule has 1 saturated heterocycles. The average Bonchev–Trinajstić information content (AvgIpc) is 2.87. The molecule has 0 aliphatic carbocycles. The Hall–Kier alpha value is -2.66. The van der Waals surface area contributed by atoms with E-state index in [1.54, 1.807) is 6.92 Å². The van der Waals surface area contributed by atoms with E-state index in [0.29, 0.717) is 13.1 Å². The molecule has 1 fully saturated rings. The lowest BCUT2D eigenvalue weighted by molar-refractivity contribution is -0.151. The Labute approximate surface area is 180 Å². The number of carbonyl (C=O) groups excluding carboxylic acids is 2. The number of likely N-dealkylation sites (tertiary alicyclic amines) is 1. The van der Waals surface area contributed by atoms with Crippen LogP contribution in [0.4, 0.5) is 5.69 Å². The minimum Gasteiger partial charge on any atom is -0.467 e. The molecule has 2 aromatic rings. The topological polar surface area (TPSA) is 49.9 Å². The Morgan fingerprint density at radius 2 is 1.79 bits per heavy atom. The number of carbonyl (C=O) groups is 2. The number of para-hydroxylation sites is 1. The van der Waals surface area contributed by atoms with Crippen molar-refractivity contribution in [1.29, 1.82) is 0 Å². The first-order chi connectivity index (χ1) is 16.2. The summed E-state index contributed by atoms with van der Waals surface area (Å²) in [6, 6.07) is 7.38. The van der Waals surface area contributed by atoms with Gasteiger partial charge >= 0.3 is 5.97 Å². The maximum atomic E-state index is 13.2. The summed E-state index contributed by atoms with van der Waals surface area (Å²) in [5.74, 6) is -1.15. The van der Waals surface area contributed by atoms with Crippen LogP contribution in [0.2, 0.25) is 0 Å².